The molecule has 1 rings (SSSR count). The molecular weight excluding hydrogens is 132 g/mol. The highest BCUT2D eigenvalue weighted by atomic mass is 14.5. The molecule has 0 radical (unpaired) electrons. The number of rotatable bonds is 5. The van der Waals surface area contributed by atoms with Crippen LogP contribution in [0.5, 0.6) is 0 Å². The van der Waals surface area contributed by atoms with Crippen LogP contribution in [0.25, 0.3) is 0 Å². The molecule has 1 fully saturated rings. The van der Waals surface area contributed by atoms with Gasteiger partial charge in [-0.15, -0.1) is 0 Å². The summed E-state index contributed by atoms with van der Waals surface area (Å²) in [6, 6.07) is 0. The minimum Gasteiger partial charge on any atom is -0.0654 e. The predicted molar refractivity (Wildman–Crippen MR) is 50.6 cm³/mol. The molecule has 0 saturated heterocycles. The first-order chi connectivity index (χ1) is 5.19. The molecule has 1 saturated carbocycles. The van der Waals surface area contributed by atoms with E-state index in [2.05, 4.69) is 20.8 Å². The summed E-state index contributed by atoms with van der Waals surface area (Å²) in [6.07, 6.45) is 8.69. The fourth-order valence-corrected chi connectivity index (χ4v) is 1.94. The minimum absolute atomic E-state index is 0.758. The van der Waals surface area contributed by atoms with Gasteiger partial charge in [-0.05, 0) is 24.2 Å². The van der Waals surface area contributed by atoms with Crippen LogP contribution in [0.2, 0.25) is 0 Å². The Morgan fingerprint density at radius 2 is 1.91 bits per heavy atom. The van der Waals surface area contributed by atoms with Crippen molar-refractivity contribution in [3.63, 3.8) is 0 Å². The van der Waals surface area contributed by atoms with Crippen LogP contribution >= 0.6 is 0 Å². The van der Waals surface area contributed by atoms with E-state index in [1.165, 1.54) is 38.5 Å². The molecule has 0 aliphatic heterocycles. The molecule has 1 aliphatic rings. The van der Waals surface area contributed by atoms with E-state index in [9.17, 15) is 0 Å². The molecular formula is C11H22. The van der Waals surface area contributed by atoms with Gasteiger partial charge in [-0.3, -0.25) is 0 Å². The first kappa shape index (κ1) is 9.09. The Bertz CT molecular complexity index is 117. The van der Waals surface area contributed by atoms with Gasteiger partial charge in [-0.25, -0.2) is 0 Å². The summed E-state index contributed by atoms with van der Waals surface area (Å²) in [4.78, 5) is 0. The zero-order valence-corrected chi connectivity index (χ0v) is 8.32. The van der Waals surface area contributed by atoms with Gasteiger partial charge >= 0.3 is 0 Å². The lowest BCUT2D eigenvalue weighted by Gasteiger charge is -2.08. The summed E-state index contributed by atoms with van der Waals surface area (Å²) in [5.74, 6) is 1.02. The Morgan fingerprint density at radius 3 is 2.36 bits per heavy atom. The van der Waals surface area contributed by atoms with E-state index >= 15 is 0 Å². The van der Waals surface area contributed by atoms with Crippen LogP contribution < -0.4 is 0 Å². The van der Waals surface area contributed by atoms with Crippen LogP contribution in [0.1, 0.15) is 59.3 Å². The summed E-state index contributed by atoms with van der Waals surface area (Å²) in [6.45, 7) is 7.12. The van der Waals surface area contributed by atoms with Crippen molar-refractivity contribution in [2.45, 2.75) is 59.3 Å². The molecule has 0 heteroatoms. The standard InChI is InChI=1S/C11H22/c1-4-5-6-7-8-11(3)9-10(11)2/h10H,4-9H2,1-3H3. The fourth-order valence-electron chi connectivity index (χ4n) is 1.94. The molecule has 0 aromatic heterocycles. The Labute approximate surface area is 71.4 Å². The molecule has 1 aliphatic carbocycles. The van der Waals surface area contributed by atoms with Gasteiger partial charge in [0.05, 0.1) is 0 Å². The van der Waals surface area contributed by atoms with Gasteiger partial charge in [0.15, 0.2) is 0 Å². The average molecular weight is 154 g/mol. The molecule has 0 spiro atoms. The third-order valence-corrected chi connectivity index (χ3v) is 3.40. The molecule has 11 heavy (non-hydrogen) atoms. The van der Waals surface area contributed by atoms with Gasteiger partial charge in [-0.2, -0.15) is 0 Å². The van der Waals surface area contributed by atoms with Gasteiger partial charge in [0.25, 0.3) is 0 Å². The molecule has 2 atom stereocenters. The molecule has 0 aromatic rings. The maximum Gasteiger partial charge on any atom is -0.0297 e. The topological polar surface area (TPSA) is 0 Å². The van der Waals surface area contributed by atoms with E-state index < -0.39 is 0 Å². The summed E-state index contributed by atoms with van der Waals surface area (Å²) in [5.41, 5.74) is 0.758. The lowest BCUT2D eigenvalue weighted by molar-refractivity contribution is 0.442. The molecule has 0 bridgehead atoms. The highest BCUT2D eigenvalue weighted by molar-refractivity contribution is 4.95. The molecule has 66 valence electrons. The largest absolute Gasteiger partial charge is 0.0654 e. The van der Waals surface area contributed by atoms with E-state index in [0.717, 1.165) is 11.3 Å². The van der Waals surface area contributed by atoms with Gasteiger partial charge in [0.2, 0.25) is 0 Å². The van der Waals surface area contributed by atoms with E-state index in [4.69, 9.17) is 0 Å². The van der Waals surface area contributed by atoms with Crippen molar-refractivity contribution in [3.05, 3.63) is 0 Å². The highest BCUT2D eigenvalue weighted by Gasteiger charge is 2.45. The third kappa shape index (κ3) is 2.50. The second-order valence-electron chi connectivity index (χ2n) is 4.57. The lowest BCUT2D eigenvalue weighted by atomic mass is 9.98. The van der Waals surface area contributed by atoms with Crippen molar-refractivity contribution in [1.29, 1.82) is 0 Å². The molecule has 2 unspecified atom stereocenters. The molecule has 0 aromatic carbocycles. The van der Waals surface area contributed by atoms with Crippen molar-refractivity contribution in [3.8, 4) is 0 Å². The Morgan fingerprint density at radius 1 is 1.27 bits per heavy atom. The van der Waals surface area contributed by atoms with Gasteiger partial charge < -0.3 is 0 Å². The van der Waals surface area contributed by atoms with Crippen molar-refractivity contribution < 1.29 is 0 Å². The second kappa shape index (κ2) is 3.60. The van der Waals surface area contributed by atoms with Crippen LogP contribution in [-0.2, 0) is 0 Å². The third-order valence-electron chi connectivity index (χ3n) is 3.40. The monoisotopic (exact) mass is 154 g/mol. The van der Waals surface area contributed by atoms with Crippen molar-refractivity contribution >= 4 is 0 Å². The maximum atomic E-state index is 2.45. The quantitative estimate of drug-likeness (QED) is 0.525. The van der Waals surface area contributed by atoms with Crippen molar-refractivity contribution in [1.82, 2.24) is 0 Å². The van der Waals surface area contributed by atoms with Crippen LogP contribution in [0.4, 0.5) is 0 Å². The summed E-state index contributed by atoms with van der Waals surface area (Å²) in [7, 11) is 0. The van der Waals surface area contributed by atoms with Gasteiger partial charge in [-0.1, -0.05) is 46.5 Å². The second-order valence-corrected chi connectivity index (χ2v) is 4.57. The smallest absolute Gasteiger partial charge is 0.0297 e. The lowest BCUT2D eigenvalue weighted by Crippen LogP contribution is -1.95. The number of unbranched alkanes of at least 4 members (excludes halogenated alkanes) is 3. The minimum atomic E-state index is 0.758. The summed E-state index contributed by atoms with van der Waals surface area (Å²) >= 11 is 0. The Kier molecular flexibility index (Phi) is 2.98. The van der Waals surface area contributed by atoms with Crippen LogP contribution in [0.3, 0.4) is 0 Å². The fraction of sp³-hybridized carbons (Fsp3) is 1.00. The molecule has 0 heterocycles. The average Bonchev–Trinajstić information content (AvgIpc) is 2.54. The normalized spacial score (nSPS) is 35.7. The van der Waals surface area contributed by atoms with Gasteiger partial charge in [0, 0.05) is 0 Å². The van der Waals surface area contributed by atoms with E-state index in [1.54, 1.807) is 0 Å². The summed E-state index contributed by atoms with van der Waals surface area (Å²) in [5, 5.41) is 0. The van der Waals surface area contributed by atoms with E-state index in [-0.39, 0.29) is 0 Å². The number of hydrogen-bond acceptors (Lipinski definition) is 0. The first-order valence-corrected chi connectivity index (χ1v) is 5.19. The van der Waals surface area contributed by atoms with E-state index in [0.29, 0.717) is 0 Å². The van der Waals surface area contributed by atoms with Gasteiger partial charge in [0.1, 0.15) is 0 Å². The maximum absolute atomic E-state index is 2.45. The van der Waals surface area contributed by atoms with Crippen LogP contribution in [-0.4, -0.2) is 0 Å². The van der Waals surface area contributed by atoms with Crippen LogP contribution in [0, 0.1) is 11.3 Å². The highest BCUT2D eigenvalue weighted by Crippen LogP contribution is 2.55. The Balaban J connectivity index is 1.96. The first-order valence-electron chi connectivity index (χ1n) is 5.19. The SMILES string of the molecule is CCCCCCC1(C)CC1C. The van der Waals surface area contributed by atoms with Crippen molar-refractivity contribution in [2.24, 2.45) is 11.3 Å². The predicted octanol–water partition coefficient (Wildman–Crippen LogP) is 4.00. The molecule has 0 nitrogen and oxygen atoms in total. The zero-order valence-electron chi connectivity index (χ0n) is 8.32. The Hall–Kier alpha value is 0. The summed E-state index contributed by atoms with van der Waals surface area (Å²) < 4.78 is 0. The number of hydrogen-bond donors (Lipinski definition) is 0. The molecule has 0 amide bonds. The zero-order chi connectivity index (χ0) is 8.32. The van der Waals surface area contributed by atoms with E-state index in [1.807, 2.05) is 0 Å². The van der Waals surface area contributed by atoms with Crippen molar-refractivity contribution in [2.75, 3.05) is 0 Å². The molecule has 0 N–H and O–H groups in total. The van der Waals surface area contributed by atoms with Crippen LogP contribution in [0.15, 0.2) is 0 Å².